The maximum Gasteiger partial charge on any atom is 0.161 e. The summed E-state index contributed by atoms with van der Waals surface area (Å²) in [5.74, 6) is 1.58. The topological polar surface area (TPSA) is 77.9 Å². The third-order valence-corrected chi connectivity index (χ3v) is 3.52. The number of hydrogen-bond donors (Lipinski definition) is 2. The Hall–Kier alpha value is -1.69. The van der Waals surface area contributed by atoms with Crippen molar-refractivity contribution in [1.29, 1.82) is 0 Å². The highest BCUT2D eigenvalue weighted by Gasteiger charge is 2.41. The Balaban J connectivity index is 2.14. The van der Waals surface area contributed by atoms with Crippen molar-refractivity contribution >= 4 is 16.9 Å². The van der Waals surface area contributed by atoms with Crippen LogP contribution < -0.4 is 4.90 Å². The Bertz CT molecular complexity index is 562. The van der Waals surface area contributed by atoms with Crippen LogP contribution in [0.4, 0.5) is 5.82 Å². The summed E-state index contributed by atoms with van der Waals surface area (Å²) in [6.45, 7) is 4.95. The molecule has 90 valence electrons. The molecule has 6 nitrogen and oxygen atoms in total. The molecule has 0 unspecified atom stereocenters. The number of rotatable bonds is 2. The molecule has 0 aromatic carbocycles. The van der Waals surface area contributed by atoms with Crippen molar-refractivity contribution in [2.45, 2.75) is 25.8 Å². The monoisotopic (exact) mass is 233 g/mol. The third-order valence-electron chi connectivity index (χ3n) is 3.52. The molecule has 1 aliphatic heterocycles. The Morgan fingerprint density at radius 2 is 2.35 bits per heavy atom. The first kappa shape index (κ1) is 10.5. The van der Waals surface area contributed by atoms with Crippen molar-refractivity contribution in [3.63, 3.8) is 0 Å². The van der Waals surface area contributed by atoms with E-state index in [1.54, 1.807) is 6.20 Å². The second-order valence-corrected chi connectivity index (χ2v) is 4.78. The summed E-state index contributed by atoms with van der Waals surface area (Å²) in [7, 11) is 0. The molecule has 0 bridgehead atoms. The van der Waals surface area contributed by atoms with Crippen LogP contribution in [-0.2, 0) is 0 Å². The number of nitrogens with zero attached hydrogens (tertiary/aromatic N) is 4. The second kappa shape index (κ2) is 3.40. The van der Waals surface area contributed by atoms with Crippen molar-refractivity contribution in [3.05, 3.63) is 12.0 Å². The molecule has 0 radical (unpaired) electrons. The lowest BCUT2D eigenvalue weighted by Gasteiger charge is -2.50. The van der Waals surface area contributed by atoms with Gasteiger partial charge >= 0.3 is 0 Å². The van der Waals surface area contributed by atoms with Crippen LogP contribution in [0.1, 0.15) is 19.2 Å². The molecule has 0 aliphatic carbocycles. The van der Waals surface area contributed by atoms with Gasteiger partial charge < -0.3 is 10.0 Å². The van der Waals surface area contributed by atoms with E-state index in [4.69, 9.17) is 0 Å². The minimum absolute atomic E-state index is 0.134. The summed E-state index contributed by atoms with van der Waals surface area (Å²) >= 11 is 0. The predicted octanol–water partition coefficient (Wildman–Crippen LogP) is 0.622. The fourth-order valence-electron chi connectivity index (χ4n) is 2.27. The van der Waals surface area contributed by atoms with Gasteiger partial charge in [-0.15, -0.1) is 0 Å². The zero-order chi connectivity index (χ0) is 12.0. The Morgan fingerprint density at radius 3 is 3.00 bits per heavy atom. The molecule has 0 amide bonds. The van der Waals surface area contributed by atoms with E-state index in [1.807, 2.05) is 13.8 Å². The van der Waals surface area contributed by atoms with Crippen molar-refractivity contribution in [2.75, 3.05) is 18.1 Å². The maximum absolute atomic E-state index is 9.46. The number of anilines is 1. The molecule has 6 heteroatoms. The molecular formula is C11H15N5O. The number of nitrogens with one attached hydrogen (secondary N) is 1. The molecule has 1 saturated heterocycles. The Labute approximate surface area is 98.7 Å². The molecule has 0 saturated carbocycles. The van der Waals surface area contributed by atoms with Gasteiger partial charge in [0.1, 0.15) is 11.6 Å². The molecule has 1 fully saturated rings. The lowest BCUT2D eigenvalue weighted by molar-refractivity contribution is 0.152. The molecule has 17 heavy (non-hydrogen) atoms. The number of aryl methyl sites for hydroxylation is 1. The van der Waals surface area contributed by atoms with E-state index < -0.39 is 0 Å². The first-order chi connectivity index (χ1) is 8.14. The molecule has 2 N–H and O–H groups in total. The fourth-order valence-corrected chi connectivity index (χ4v) is 2.27. The summed E-state index contributed by atoms with van der Waals surface area (Å²) in [5.41, 5.74) is 0.546. The second-order valence-electron chi connectivity index (χ2n) is 4.78. The largest absolute Gasteiger partial charge is 0.394 e. The highest BCUT2D eigenvalue weighted by atomic mass is 16.3. The van der Waals surface area contributed by atoms with Gasteiger partial charge in [0, 0.05) is 6.54 Å². The predicted molar refractivity (Wildman–Crippen MR) is 63.9 cm³/mol. The summed E-state index contributed by atoms with van der Waals surface area (Å²) < 4.78 is 0. The normalized spacial score (nSPS) is 24.1. The summed E-state index contributed by atoms with van der Waals surface area (Å²) in [4.78, 5) is 10.9. The minimum atomic E-state index is -0.203. The van der Waals surface area contributed by atoms with Gasteiger partial charge in [0.05, 0.1) is 23.7 Å². The molecule has 2 aromatic rings. The van der Waals surface area contributed by atoms with Gasteiger partial charge in [0.2, 0.25) is 0 Å². The van der Waals surface area contributed by atoms with Crippen LogP contribution in [0.3, 0.4) is 0 Å². The molecule has 2 aromatic heterocycles. The number of aromatic nitrogens is 4. The average Bonchev–Trinajstić information content (AvgIpc) is 2.74. The lowest BCUT2D eigenvalue weighted by Crippen LogP contribution is -2.61. The van der Waals surface area contributed by atoms with Crippen LogP contribution in [0.15, 0.2) is 6.20 Å². The van der Waals surface area contributed by atoms with Crippen LogP contribution in [-0.4, -0.2) is 44.0 Å². The minimum Gasteiger partial charge on any atom is -0.394 e. The summed E-state index contributed by atoms with van der Waals surface area (Å²) in [6.07, 6.45) is 2.71. The van der Waals surface area contributed by atoms with E-state index in [1.165, 1.54) is 0 Å². The number of aromatic amines is 1. The molecule has 1 atom stereocenters. The van der Waals surface area contributed by atoms with Crippen molar-refractivity contribution in [1.82, 2.24) is 20.2 Å². The van der Waals surface area contributed by atoms with Gasteiger partial charge in [-0.1, -0.05) is 0 Å². The molecule has 3 rings (SSSR count). The Morgan fingerprint density at radius 1 is 1.53 bits per heavy atom. The molecule has 3 heterocycles. The first-order valence-corrected chi connectivity index (χ1v) is 5.70. The smallest absolute Gasteiger partial charge is 0.161 e. The highest BCUT2D eigenvalue weighted by Crippen LogP contribution is 2.36. The third kappa shape index (κ3) is 1.40. The van der Waals surface area contributed by atoms with E-state index in [9.17, 15) is 5.11 Å². The SMILES string of the molecule is Cc1nc(N2CC[C@@]2(C)CO)c2cn[nH]c2n1. The van der Waals surface area contributed by atoms with Gasteiger partial charge in [0.25, 0.3) is 0 Å². The van der Waals surface area contributed by atoms with Gasteiger partial charge in [-0.25, -0.2) is 9.97 Å². The number of aliphatic hydroxyl groups excluding tert-OH is 1. The number of fused-ring (bicyclic) bond motifs is 1. The van der Waals surface area contributed by atoms with Crippen molar-refractivity contribution < 1.29 is 5.11 Å². The van der Waals surface area contributed by atoms with Gasteiger partial charge in [-0.2, -0.15) is 5.10 Å². The average molecular weight is 233 g/mol. The van der Waals surface area contributed by atoms with Gasteiger partial charge in [-0.05, 0) is 20.3 Å². The van der Waals surface area contributed by atoms with Crippen LogP contribution in [0.2, 0.25) is 0 Å². The standard InChI is InChI=1S/C11H15N5O/c1-7-13-9-8(5-12-15-9)10(14-7)16-4-3-11(16,2)6-17/h5,17H,3-4,6H2,1-2H3,(H,12,13,14,15)/t11-/m0/s1. The summed E-state index contributed by atoms with van der Waals surface area (Å²) in [5, 5.41) is 17.2. The lowest BCUT2D eigenvalue weighted by atomic mass is 9.87. The zero-order valence-corrected chi connectivity index (χ0v) is 9.93. The summed E-state index contributed by atoms with van der Waals surface area (Å²) in [6, 6.07) is 0. The number of aliphatic hydroxyl groups is 1. The first-order valence-electron chi connectivity index (χ1n) is 5.70. The van der Waals surface area contributed by atoms with Crippen LogP contribution in [0.25, 0.3) is 11.0 Å². The number of hydrogen-bond acceptors (Lipinski definition) is 5. The van der Waals surface area contributed by atoms with Crippen molar-refractivity contribution in [3.8, 4) is 0 Å². The van der Waals surface area contributed by atoms with Crippen LogP contribution in [0, 0.1) is 6.92 Å². The molecule has 1 aliphatic rings. The van der Waals surface area contributed by atoms with Crippen molar-refractivity contribution in [2.24, 2.45) is 0 Å². The Kier molecular flexibility index (Phi) is 2.09. The van der Waals surface area contributed by atoms with E-state index >= 15 is 0 Å². The van der Waals surface area contributed by atoms with E-state index in [-0.39, 0.29) is 12.1 Å². The molecular weight excluding hydrogens is 218 g/mol. The van der Waals surface area contributed by atoms with Gasteiger partial charge in [-0.3, -0.25) is 5.10 Å². The zero-order valence-electron chi connectivity index (χ0n) is 9.93. The fraction of sp³-hybridized carbons (Fsp3) is 0.545. The van der Waals surface area contributed by atoms with Crippen LogP contribution in [0.5, 0.6) is 0 Å². The molecule has 0 spiro atoms. The van der Waals surface area contributed by atoms with E-state index in [0.29, 0.717) is 5.82 Å². The highest BCUT2D eigenvalue weighted by molar-refractivity contribution is 5.87. The van der Waals surface area contributed by atoms with Crippen LogP contribution >= 0.6 is 0 Å². The van der Waals surface area contributed by atoms with E-state index in [2.05, 4.69) is 25.1 Å². The van der Waals surface area contributed by atoms with Gasteiger partial charge in [0.15, 0.2) is 5.65 Å². The van der Waals surface area contributed by atoms with E-state index in [0.717, 1.165) is 29.8 Å². The maximum atomic E-state index is 9.46. The number of H-pyrrole nitrogens is 1. The quantitative estimate of drug-likeness (QED) is 0.795.